The van der Waals surface area contributed by atoms with E-state index in [0.29, 0.717) is 17.7 Å². The average molecular weight is 404 g/mol. The molecule has 1 N–H and O–H groups in total. The Morgan fingerprint density at radius 2 is 1.77 bits per heavy atom. The van der Waals surface area contributed by atoms with Crippen LogP contribution in [0.5, 0.6) is 0 Å². The minimum Gasteiger partial charge on any atom is -0.334 e. The highest BCUT2D eigenvalue weighted by Crippen LogP contribution is 2.29. The average Bonchev–Trinajstić information content (AvgIpc) is 2.96. The first kappa shape index (κ1) is 21.1. The molecule has 0 saturated carbocycles. The lowest BCUT2D eigenvalue weighted by Gasteiger charge is -2.28. The van der Waals surface area contributed by atoms with Crippen LogP contribution >= 0.6 is 0 Å². The van der Waals surface area contributed by atoms with E-state index >= 15 is 0 Å². The molecule has 4 amide bonds. The van der Waals surface area contributed by atoms with Crippen LogP contribution in [0.2, 0.25) is 0 Å². The van der Waals surface area contributed by atoms with E-state index in [0.717, 1.165) is 10.5 Å². The van der Waals surface area contributed by atoms with Crippen LogP contribution in [0.4, 0.5) is 4.79 Å². The molecule has 0 aromatic heterocycles. The van der Waals surface area contributed by atoms with Gasteiger partial charge in [0.2, 0.25) is 5.91 Å². The van der Waals surface area contributed by atoms with Crippen molar-refractivity contribution in [1.82, 2.24) is 15.1 Å². The first-order chi connectivity index (χ1) is 14.3. The fourth-order valence-electron chi connectivity index (χ4n) is 3.48. The maximum absolute atomic E-state index is 13.1. The number of amides is 4. The van der Waals surface area contributed by atoms with E-state index in [1.165, 1.54) is 0 Å². The molecular weight excluding hydrogens is 380 g/mol. The summed E-state index contributed by atoms with van der Waals surface area (Å²) in [6.07, 6.45) is 0. The Kier molecular flexibility index (Phi) is 5.88. The third-order valence-electron chi connectivity index (χ3n) is 5.30. The molecule has 1 saturated heterocycles. The fourth-order valence-corrected chi connectivity index (χ4v) is 3.48. The van der Waals surface area contributed by atoms with E-state index in [9.17, 15) is 14.4 Å². The van der Waals surface area contributed by atoms with Crippen molar-refractivity contribution in [2.45, 2.75) is 38.9 Å². The summed E-state index contributed by atoms with van der Waals surface area (Å²) in [5.41, 5.74) is 0.701. The van der Waals surface area contributed by atoms with Crippen molar-refractivity contribution < 1.29 is 14.4 Å². The number of hydrogen-bond acceptors (Lipinski definition) is 4. The predicted molar refractivity (Wildman–Crippen MR) is 111 cm³/mol. The van der Waals surface area contributed by atoms with E-state index in [-0.39, 0.29) is 18.5 Å². The molecule has 1 unspecified atom stereocenters. The quantitative estimate of drug-likeness (QED) is 0.749. The first-order valence-electron chi connectivity index (χ1n) is 9.74. The number of urea groups is 1. The van der Waals surface area contributed by atoms with E-state index in [2.05, 4.69) is 5.32 Å². The number of nitrogens with one attached hydrogen (secondary N) is 1. The number of hydrogen-bond donors (Lipinski definition) is 1. The third kappa shape index (κ3) is 4.03. The molecule has 30 heavy (non-hydrogen) atoms. The van der Waals surface area contributed by atoms with Gasteiger partial charge in [-0.3, -0.25) is 14.5 Å². The highest BCUT2D eigenvalue weighted by atomic mass is 16.2. The molecule has 3 rings (SSSR count). The van der Waals surface area contributed by atoms with Crippen molar-refractivity contribution in [3.05, 3.63) is 71.3 Å². The zero-order valence-electron chi connectivity index (χ0n) is 17.3. The molecule has 1 aliphatic rings. The normalized spacial score (nSPS) is 18.3. The van der Waals surface area contributed by atoms with Gasteiger partial charge in [-0.15, -0.1) is 0 Å². The van der Waals surface area contributed by atoms with Gasteiger partial charge in [0.25, 0.3) is 5.91 Å². The molecule has 154 valence electrons. The summed E-state index contributed by atoms with van der Waals surface area (Å²) in [6, 6.07) is 17.3. The van der Waals surface area contributed by atoms with Crippen molar-refractivity contribution >= 4 is 17.8 Å². The molecule has 2 aromatic rings. The van der Waals surface area contributed by atoms with Gasteiger partial charge in [0, 0.05) is 12.6 Å². The number of nitriles is 1. The van der Waals surface area contributed by atoms with Gasteiger partial charge >= 0.3 is 6.03 Å². The summed E-state index contributed by atoms with van der Waals surface area (Å²) < 4.78 is 0. The number of rotatable bonds is 6. The lowest BCUT2D eigenvalue weighted by Crippen LogP contribution is -2.46. The van der Waals surface area contributed by atoms with Crippen molar-refractivity contribution in [2.75, 3.05) is 6.54 Å². The predicted octanol–water partition coefficient (Wildman–Crippen LogP) is 2.76. The summed E-state index contributed by atoms with van der Waals surface area (Å²) in [7, 11) is 0. The topological polar surface area (TPSA) is 93.5 Å². The smallest absolute Gasteiger partial charge is 0.325 e. The van der Waals surface area contributed by atoms with Gasteiger partial charge in [-0.1, -0.05) is 42.5 Å². The van der Waals surface area contributed by atoms with Gasteiger partial charge in [0.05, 0.1) is 11.6 Å². The number of imide groups is 1. The van der Waals surface area contributed by atoms with Gasteiger partial charge in [0.1, 0.15) is 12.1 Å². The zero-order chi connectivity index (χ0) is 21.9. The van der Waals surface area contributed by atoms with Crippen LogP contribution < -0.4 is 5.32 Å². The molecule has 1 fully saturated rings. The molecule has 1 aliphatic heterocycles. The molecule has 0 bridgehead atoms. The third-order valence-corrected chi connectivity index (χ3v) is 5.30. The summed E-state index contributed by atoms with van der Waals surface area (Å²) >= 11 is 0. The van der Waals surface area contributed by atoms with Gasteiger partial charge in [-0.2, -0.15) is 5.26 Å². The van der Waals surface area contributed by atoms with Gasteiger partial charge in [0.15, 0.2) is 0 Å². The monoisotopic (exact) mass is 404 g/mol. The SMILES string of the molecule is CC(C)N(Cc1ccccc1)C(=O)CN1C(=O)NC(C)(c2ccc(C#N)cc2)C1=O. The number of nitrogens with zero attached hydrogens (tertiary/aromatic N) is 3. The first-order valence-corrected chi connectivity index (χ1v) is 9.74. The standard InChI is InChI=1S/C23H24N4O3/c1-16(2)26(14-18-7-5-4-6-8-18)20(28)15-27-21(29)23(3,25-22(27)30)19-11-9-17(13-24)10-12-19/h4-12,16H,14-15H2,1-3H3,(H,25,30). The number of benzene rings is 2. The molecular formula is C23H24N4O3. The molecule has 1 atom stereocenters. The summed E-state index contributed by atoms with van der Waals surface area (Å²) in [6.45, 7) is 5.46. The van der Waals surface area contributed by atoms with E-state index < -0.39 is 17.5 Å². The van der Waals surface area contributed by atoms with Crippen LogP contribution in [-0.2, 0) is 21.7 Å². The summed E-state index contributed by atoms with van der Waals surface area (Å²) in [4.78, 5) is 41.2. The van der Waals surface area contributed by atoms with Gasteiger partial charge < -0.3 is 10.2 Å². The molecule has 0 radical (unpaired) electrons. The highest BCUT2D eigenvalue weighted by molar-refractivity contribution is 6.09. The molecule has 0 spiro atoms. The van der Waals surface area contributed by atoms with Crippen LogP contribution in [0.15, 0.2) is 54.6 Å². The van der Waals surface area contributed by atoms with Crippen LogP contribution in [0.1, 0.15) is 37.5 Å². The van der Waals surface area contributed by atoms with Crippen molar-refractivity contribution in [3.63, 3.8) is 0 Å². The Morgan fingerprint density at radius 3 is 2.33 bits per heavy atom. The zero-order valence-corrected chi connectivity index (χ0v) is 17.3. The minimum absolute atomic E-state index is 0.0941. The van der Waals surface area contributed by atoms with Crippen molar-refractivity contribution in [1.29, 1.82) is 5.26 Å². The second-order valence-corrected chi connectivity index (χ2v) is 7.74. The van der Waals surface area contributed by atoms with E-state index in [1.54, 1.807) is 36.1 Å². The fraction of sp³-hybridized carbons (Fsp3) is 0.304. The molecule has 7 nitrogen and oxygen atoms in total. The number of carbonyl (C=O) groups is 3. The Balaban J connectivity index is 1.78. The Morgan fingerprint density at radius 1 is 1.13 bits per heavy atom. The minimum atomic E-state index is -1.28. The van der Waals surface area contributed by atoms with E-state index in [4.69, 9.17) is 5.26 Å². The van der Waals surface area contributed by atoms with Crippen molar-refractivity contribution in [2.24, 2.45) is 0 Å². The molecule has 1 heterocycles. The lowest BCUT2D eigenvalue weighted by molar-refractivity contribution is -0.140. The molecule has 2 aromatic carbocycles. The van der Waals surface area contributed by atoms with Gasteiger partial charge in [-0.05, 0) is 44.0 Å². The summed E-state index contributed by atoms with van der Waals surface area (Å²) in [5, 5.41) is 11.6. The van der Waals surface area contributed by atoms with Crippen LogP contribution in [0, 0.1) is 11.3 Å². The molecule has 7 heteroatoms. The van der Waals surface area contributed by atoms with Gasteiger partial charge in [-0.25, -0.2) is 4.79 Å². The Bertz CT molecular complexity index is 995. The second kappa shape index (κ2) is 8.37. The Labute approximate surface area is 175 Å². The van der Waals surface area contributed by atoms with Crippen LogP contribution in [-0.4, -0.2) is 40.2 Å². The highest BCUT2D eigenvalue weighted by Gasteiger charge is 2.49. The van der Waals surface area contributed by atoms with Crippen LogP contribution in [0.25, 0.3) is 0 Å². The van der Waals surface area contributed by atoms with E-state index in [1.807, 2.05) is 50.2 Å². The Hall–Kier alpha value is -3.66. The summed E-state index contributed by atoms with van der Waals surface area (Å²) in [5.74, 6) is -0.796. The largest absolute Gasteiger partial charge is 0.334 e. The lowest BCUT2D eigenvalue weighted by atomic mass is 9.91. The number of carbonyl (C=O) groups excluding carboxylic acids is 3. The molecule has 0 aliphatic carbocycles. The van der Waals surface area contributed by atoms with Crippen molar-refractivity contribution in [3.8, 4) is 6.07 Å². The second-order valence-electron chi connectivity index (χ2n) is 7.74. The maximum atomic E-state index is 13.1. The van der Waals surface area contributed by atoms with Crippen LogP contribution in [0.3, 0.4) is 0 Å². The maximum Gasteiger partial charge on any atom is 0.325 e.